The molecule has 5 amide bonds. The van der Waals surface area contributed by atoms with E-state index in [1.165, 1.54) is 0 Å². The average molecular weight is 923 g/mol. The summed E-state index contributed by atoms with van der Waals surface area (Å²) in [7, 11) is 0. The van der Waals surface area contributed by atoms with E-state index in [9.17, 15) is 28.8 Å². The number of nitrogens with two attached hydrogens (primary N) is 1. The SMILES string of the molecule is CC[C@@]1(OC(=O)CC2(CNC(=O)[C@H](CCCNC(N)=O)NC(=O)[C@@H](NC(=O)OC(C)(C)C)C(C)C)CCCCC2)COCc2c1cc1n(c2=O)Cc2cc3c(Br)cccc3nc2-1. The number of benzene rings is 1. The summed E-state index contributed by atoms with van der Waals surface area (Å²) in [5.74, 6) is -1.86. The minimum Gasteiger partial charge on any atom is -0.452 e. The molecule has 2 aromatic heterocycles. The lowest BCUT2D eigenvalue weighted by Crippen LogP contribution is -2.56. The van der Waals surface area contributed by atoms with Crippen molar-refractivity contribution in [2.75, 3.05) is 19.7 Å². The third kappa shape index (κ3) is 10.6. The van der Waals surface area contributed by atoms with Crippen LogP contribution < -0.4 is 32.6 Å². The molecular formula is C45H60BrN7O9. The van der Waals surface area contributed by atoms with E-state index in [0.717, 1.165) is 40.2 Å². The van der Waals surface area contributed by atoms with E-state index >= 15 is 0 Å². The first-order chi connectivity index (χ1) is 29.3. The van der Waals surface area contributed by atoms with Gasteiger partial charge in [0.1, 0.15) is 17.7 Å². The summed E-state index contributed by atoms with van der Waals surface area (Å²) in [4.78, 5) is 85.0. The molecule has 1 fully saturated rings. The number of fused-ring (bicyclic) bond motifs is 5. The molecule has 2 aliphatic heterocycles. The van der Waals surface area contributed by atoms with Crippen LogP contribution in [0.25, 0.3) is 22.3 Å². The molecule has 0 bridgehead atoms. The average Bonchev–Trinajstić information content (AvgIpc) is 3.57. The Labute approximate surface area is 370 Å². The number of urea groups is 1. The summed E-state index contributed by atoms with van der Waals surface area (Å²) in [6.45, 7) is 11.4. The molecular weight excluding hydrogens is 862 g/mol. The predicted molar refractivity (Wildman–Crippen MR) is 236 cm³/mol. The highest BCUT2D eigenvalue weighted by Gasteiger charge is 2.45. The second-order valence-corrected chi connectivity index (χ2v) is 19.1. The quantitative estimate of drug-likeness (QED) is 0.0712. The molecule has 6 rings (SSSR count). The number of hydrogen-bond acceptors (Lipinski definition) is 10. The largest absolute Gasteiger partial charge is 0.452 e. The maximum atomic E-state index is 14.3. The van der Waals surface area contributed by atoms with Gasteiger partial charge in [-0.15, -0.1) is 0 Å². The molecule has 62 heavy (non-hydrogen) atoms. The van der Waals surface area contributed by atoms with Gasteiger partial charge in [0.25, 0.3) is 5.56 Å². The minimum atomic E-state index is -1.23. The topological polar surface area (TPSA) is 222 Å². The maximum absolute atomic E-state index is 14.3. The van der Waals surface area contributed by atoms with Crippen molar-refractivity contribution >= 4 is 56.7 Å². The first-order valence-corrected chi connectivity index (χ1v) is 22.4. The van der Waals surface area contributed by atoms with Gasteiger partial charge in [0.15, 0.2) is 5.60 Å². The van der Waals surface area contributed by atoms with Crippen molar-refractivity contribution in [1.29, 1.82) is 0 Å². The highest BCUT2D eigenvalue weighted by molar-refractivity contribution is 9.10. The lowest BCUT2D eigenvalue weighted by molar-refractivity contribution is -0.176. The van der Waals surface area contributed by atoms with Crippen molar-refractivity contribution < 1.29 is 38.2 Å². The number of pyridine rings is 2. The monoisotopic (exact) mass is 921 g/mol. The van der Waals surface area contributed by atoms with Gasteiger partial charge in [-0.25, -0.2) is 14.6 Å². The van der Waals surface area contributed by atoms with Crippen LogP contribution in [0.15, 0.2) is 39.6 Å². The number of amides is 5. The molecule has 1 aliphatic carbocycles. The fourth-order valence-electron chi connectivity index (χ4n) is 8.84. The fourth-order valence-corrected chi connectivity index (χ4v) is 9.31. The van der Waals surface area contributed by atoms with E-state index in [1.54, 1.807) is 39.2 Å². The highest BCUT2D eigenvalue weighted by Crippen LogP contribution is 2.43. The summed E-state index contributed by atoms with van der Waals surface area (Å²) >= 11 is 3.62. The predicted octanol–water partition coefficient (Wildman–Crippen LogP) is 5.81. The van der Waals surface area contributed by atoms with Gasteiger partial charge in [-0.2, -0.15) is 0 Å². The van der Waals surface area contributed by atoms with Gasteiger partial charge in [0, 0.05) is 34.1 Å². The zero-order valence-corrected chi connectivity index (χ0v) is 38.1. The highest BCUT2D eigenvalue weighted by atomic mass is 79.9. The molecule has 3 atom stereocenters. The fraction of sp³-hybridized carbons (Fsp3) is 0.578. The van der Waals surface area contributed by atoms with Crippen LogP contribution in [0.2, 0.25) is 0 Å². The first kappa shape index (κ1) is 46.5. The standard InChI is InChI=1S/C45H60BrN7O9/c1-7-45(25-60-23-29-30(45)20-34-37-27(22-53(34)40(29)57)19-28-31(46)13-11-14-32(28)50-37)61-35(54)21-44(16-9-8-10-17-44)24-49-38(55)33(15-12-18-48-41(47)58)51-39(56)36(26(2)3)52-42(59)62-43(4,5)6/h11,13-14,19-20,26,33,36H,7-10,12,15-18,21-25H2,1-6H3,(H,49,55)(H,51,56)(H,52,59)(H3,47,48,58)/t33-,36-,45+/m0/s1. The molecule has 17 heteroatoms. The van der Waals surface area contributed by atoms with Crippen LogP contribution in [0.4, 0.5) is 9.59 Å². The number of carbonyl (C=O) groups excluding carboxylic acids is 5. The number of esters is 1. The van der Waals surface area contributed by atoms with Gasteiger partial charge >= 0.3 is 18.1 Å². The summed E-state index contributed by atoms with van der Waals surface area (Å²) in [5.41, 5.74) is 6.56. The number of rotatable bonds is 15. The number of hydrogen-bond donors (Lipinski definition) is 5. The Morgan fingerprint density at radius 1 is 1.03 bits per heavy atom. The van der Waals surface area contributed by atoms with Crippen molar-refractivity contribution in [3.63, 3.8) is 0 Å². The van der Waals surface area contributed by atoms with Crippen molar-refractivity contribution in [3.05, 3.63) is 61.8 Å². The third-order valence-electron chi connectivity index (χ3n) is 12.1. The summed E-state index contributed by atoms with van der Waals surface area (Å²) in [6, 6.07) is 7.06. The molecule has 0 saturated heterocycles. The summed E-state index contributed by atoms with van der Waals surface area (Å²) < 4.78 is 20.5. The zero-order valence-electron chi connectivity index (χ0n) is 36.5. The number of nitrogens with one attached hydrogen (secondary N) is 4. The Balaban J connectivity index is 1.20. The molecule has 336 valence electrons. The number of carbonyl (C=O) groups is 5. The molecule has 1 saturated carbocycles. The van der Waals surface area contributed by atoms with Gasteiger partial charge in [-0.3, -0.25) is 19.2 Å². The van der Waals surface area contributed by atoms with E-state index < -0.39 is 58.6 Å². The Morgan fingerprint density at radius 3 is 2.45 bits per heavy atom. The minimum absolute atomic E-state index is 0.00827. The Kier molecular flexibility index (Phi) is 14.4. The van der Waals surface area contributed by atoms with E-state index in [1.807, 2.05) is 31.2 Å². The third-order valence-corrected chi connectivity index (χ3v) is 12.8. The summed E-state index contributed by atoms with van der Waals surface area (Å²) in [5, 5.41) is 11.9. The normalized spacial score (nSPS) is 18.7. The van der Waals surface area contributed by atoms with Crippen LogP contribution >= 0.6 is 15.9 Å². The molecule has 4 heterocycles. The van der Waals surface area contributed by atoms with Gasteiger partial charge in [-0.05, 0) is 88.5 Å². The second kappa shape index (κ2) is 19.2. The van der Waals surface area contributed by atoms with Gasteiger partial charge in [0.2, 0.25) is 11.8 Å². The molecule has 0 radical (unpaired) electrons. The number of aromatic nitrogens is 2. The lowest BCUT2D eigenvalue weighted by Gasteiger charge is -2.40. The van der Waals surface area contributed by atoms with Crippen LogP contribution in [0.1, 0.15) is 116 Å². The summed E-state index contributed by atoms with van der Waals surface area (Å²) in [6.07, 6.45) is 4.06. The van der Waals surface area contributed by atoms with E-state index in [2.05, 4.69) is 43.3 Å². The number of ether oxygens (including phenoxy) is 3. The molecule has 6 N–H and O–H groups in total. The molecule has 1 aromatic carbocycles. The lowest BCUT2D eigenvalue weighted by atomic mass is 9.71. The number of halogens is 1. The van der Waals surface area contributed by atoms with Crippen LogP contribution in [-0.4, -0.2) is 76.8 Å². The van der Waals surface area contributed by atoms with Crippen LogP contribution in [0, 0.1) is 11.3 Å². The second-order valence-electron chi connectivity index (χ2n) is 18.2. The molecule has 0 spiro atoms. The van der Waals surface area contributed by atoms with E-state index in [-0.39, 0.29) is 50.6 Å². The van der Waals surface area contributed by atoms with Gasteiger partial charge in [-0.1, -0.05) is 62.0 Å². The van der Waals surface area contributed by atoms with Crippen LogP contribution in [-0.2, 0) is 47.3 Å². The molecule has 3 aliphatic rings. The van der Waals surface area contributed by atoms with Crippen LogP contribution in [0.3, 0.4) is 0 Å². The first-order valence-electron chi connectivity index (χ1n) is 21.6. The van der Waals surface area contributed by atoms with Crippen molar-refractivity contribution in [2.45, 2.75) is 136 Å². The number of alkyl carbamates (subject to hydrolysis) is 1. The molecule has 3 aromatic rings. The van der Waals surface area contributed by atoms with Crippen molar-refractivity contribution in [3.8, 4) is 11.4 Å². The Morgan fingerprint density at radius 2 is 1.77 bits per heavy atom. The molecule has 16 nitrogen and oxygen atoms in total. The Bertz CT molecular complexity index is 2270. The van der Waals surface area contributed by atoms with Gasteiger partial charge < -0.3 is 45.8 Å². The number of nitrogens with zero attached hydrogens (tertiary/aromatic N) is 2. The maximum Gasteiger partial charge on any atom is 0.408 e. The van der Waals surface area contributed by atoms with Gasteiger partial charge in [0.05, 0.1) is 48.6 Å². The Hall–Kier alpha value is -5.03. The smallest absolute Gasteiger partial charge is 0.408 e. The van der Waals surface area contributed by atoms with Crippen molar-refractivity contribution in [2.24, 2.45) is 17.1 Å². The zero-order chi connectivity index (χ0) is 45.0. The van der Waals surface area contributed by atoms with E-state index in [4.69, 9.17) is 24.9 Å². The van der Waals surface area contributed by atoms with Crippen LogP contribution in [0.5, 0.6) is 0 Å². The van der Waals surface area contributed by atoms with Crippen molar-refractivity contribution in [1.82, 2.24) is 30.8 Å². The number of primary amides is 1. The van der Waals surface area contributed by atoms with E-state index in [0.29, 0.717) is 54.7 Å². The molecule has 0 unspecified atom stereocenters.